The first-order chi connectivity index (χ1) is 8.67. The van der Waals surface area contributed by atoms with Crippen LogP contribution in [0.5, 0.6) is 5.75 Å². The van der Waals surface area contributed by atoms with Crippen molar-refractivity contribution >= 4 is 0 Å². The van der Waals surface area contributed by atoms with E-state index in [-0.39, 0.29) is 11.9 Å². The van der Waals surface area contributed by atoms with Crippen LogP contribution in [0.1, 0.15) is 38.3 Å². The van der Waals surface area contributed by atoms with Gasteiger partial charge in [-0.05, 0) is 37.3 Å². The van der Waals surface area contributed by atoms with Crippen molar-refractivity contribution in [1.82, 2.24) is 5.32 Å². The van der Waals surface area contributed by atoms with Gasteiger partial charge in [0.2, 0.25) is 0 Å². The molecule has 2 rings (SSSR count). The largest absolute Gasteiger partial charge is 0.497 e. The first-order valence-corrected chi connectivity index (χ1v) is 6.74. The highest BCUT2D eigenvalue weighted by Gasteiger charge is 2.40. The van der Waals surface area contributed by atoms with Crippen LogP contribution in [0.15, 0.2) is 18.2 Å². The van der Waals surface area contributed by atoms with Crippen molar-refractivity contribution in [3.05, 3.63) is 29.6 Å². The first kappa shape index (κ1) is 13.3. The molecule has 1 aromatic rings. The zero-order chi connectivity index (χ0) is 13.1. The van der Waals surface area contributed by atoms with E-state index in [1.165, 1.54) is 12.5 Å². The maximum Gasteiger partial charge on any atom is 0.131 e. The molecule has 18 heavy (non-hydrogen) atoms. The number of methoxy groups -OCH3 is 1. The van der Waals surface area contributed by atoms with Crippen LogP contribution in [0.3, 0.4) is 0 Å². The SMILES string of the molecule is CCCNC(c1ccc(OC)cc1F)C1CC1C. The molecule has 0 amide bonds. The van der Waals surface area contributed by atoms with Crippen molar-refractivity contribution < 1.29 is 9.13 Å². The third-order valence-electron chi connectivity index (χ3n) is 3.76. The maximum atomic E-state index is 14.1. The molecule has 0 saturated heterocycles. The summed E-state index contributed by atoms with van der Waals surface area (Å²) in [6.45, 7) is 5.29. The third kappa shape index (κ3) is 2.83. The Kier molecular flexibility index (Phi) is 4.23. The van der Waals surface area contributed by atoms with Gasteiger partial charge in [0.25, 0.3) is 0 Å². The van der Waals surface area contributed by atoms with Gasteiger partial charge < -0.3 is 10.1 Å². The highest BCUT2D eigenvalue weighted by Crippen LogP contribution is 2.47. The topological polar surface area (TPSA) is 21.3 Å². The average molecular weight is 251 g/mol. The molecule has 0 aromatic heterocycles. The molecular weight excluding hydrogens is 229 g/mol. The Hall–Kier alpha value is -1.09. The van der Waals surface area contributed by atoms with Gasteiger partial charge in [-0.25, -0.2) is 4.39 Å². The van der Waals surface area contributed by atoms with Crippen molar-refractivity contribution in [2.75, 3.05) is 13.7 Å². The number of ether oxygens (including phenoxy) is 1. The van der Waals surface area contributed by atoms with E-state index >= 15 is 0 Å². The summed E-state index contributed by atoms with van der Waals surface area (Å²) in [5.41, 5.74) is 0.776. The van der Waals surface area contributed by atoms with Gasteiger partial charge in [0.1, 0.15) is 11.6 Å². The molecule has 3 unspecified atom stereocenters. The number of halogens is 1. The van der Waals surface area contributed by atoms with Crippen LogP contribution in [0.2, 0.25) is 0 Å². The minimum Gasteiger partial charge on any atom is -0.497 e. The van der Waals surface area contributed by atoms with Gasteiger partial charge in [-0.2, -0.15) is 0 Å². The van der Waals surface area contributed by atoms with Crippen LogP contribution in [0.25, 0.3) is 0 Å². The Bertz CT molecular complexity index is 407. The molecule has 0 bridgehead atoms. The molecule has 100 valence electrons. The van der Waals surface area contributed by atoms with Crippen molar-refractivity contribution in [3.8, 4) is 5.75 Å². The van der Waals surface area contributed by atoms with Gasteiger partial charge in [0, 0.05) is 17.7 Å². The first-order valence-electron chi connectivity index (χ1n) is 6.74. The molecule has 1 aliphatic rings. The summed E-state index contributed by atoms with van der Waals surface area (Å²) in [6, 6.07) is 5.31. The van der Waals surface area contributed by atoms with E-state index in [4.69, 9.17) is 4.74 Å². The Morgan fingerprint density at radius 3 is 2.72 bits per heavy atom. The molecule has 0 spiro atoms. The number of benzene rings is 1. The summed E-state index contributed by atoms with van der Waals surface area (Å²) in [7, 11) is 1.56. The van der Waals surface area contributed by atoms with E-state index in [9.17, 15) is 4.39 Å². The number of hydrogen-bond donors (Lipinski definition) is 1. The summed E-state index contributed by atoms with van der Waals surface area (Å²) in [4.78, 5) is 0. The number of nitrogens with one attached hydrogen (secondary N) is 1. The normalized spacial score (nSPS) is 23.8. The molecule has 1 fully saturated rings. The van der Waals surface area contributed by atoms with Crippen LogP contribution in [0.4, 0.5) is 4.39 Å². The van der Waals surface area contributed by atoms with Crippen molar-refractivity contribution in [2.24, 2.45) is 11.8 Å². The van der Waals surface area contributed by atoms with Crippen molar-refractivity contribution in [3.63, 3.8) is 0 Å². The van der Waals surface area contributed by atoms with Gasteiger partial charge in [0.05, 0.1) is 7.11 Å². The second-order valence-electron chi connectivity index (χ2n) is 5.20. The Morgan fingerprint density at radius 2 is 2.22 bits per heavy atom. The van der Waals surface area contributed by atoms with E-state index in [1.54, 1.807) is 7.11 Å². The van der Waals surface area contributed by atoms with E-state index < -0.39 is 0 Å². The van der Waals surface area contributed by atoms with Gasteiger partial charge in [-0.15, -0.1) is 0 Å². The van der Waals surface area contributed by atoms with E-state index in [1.807, 2.05) is 12.1 Å². The quantitative estimate of drug-likeness (QED) is 0.835. The summed E-state index contributed by atoms with van der Waals surface area (Å²) >= 11 is 0. The fourth-order valence-electron chi connectivity index (χ4n) is 2.49. The fraction of sp³-hybridized carbons (Fsp3) is 0.600. The van der Waals surface area contributed by atoms with Crippen LogP contribution in [0, 0.1) is 17.7 Å². The minimum absolute atomic E-state index is 0.144. The monoisotopic (exact) mass is 251 g/mol. The Labute approximate surface area is 109 Å². The second-order valence-corrected chi connectivity index (χ2v) is 5.20. The molecule has 3 atom stereocenters. The highest BCUT2D eigenvalue weighted by molar-refractivity contribution is 5.32. The molecule has 1 aliphatic carbocycles. The van der Waals surface area contributed by atoms with Crippen LogP contribution in [-0.2, 0) is 0 Å². The summed E-state index contributed by atoms with van der Waals surface area (Å²) in [5.74, 6) is 1.68. The lowest BCUT2D eigenvalue weighted by Gasteiger charge is -2.20. The predicted octanol–water partition coefficient (Wildman–Crippen LogP) is 3.53. The Morgan fingerprint density at radius 1 is 1.50 bits per heavy atom. The highest BCUT2D eigenvalue weighted by atomic mass is 19.1. The second kappa shape index (κ2) is 5.70. The van der Waals surface area contributed by atoms with E-state index in [0.29, 0.717) is 17.6 Å². The lowest BCUT2D eigenvalue weighted by molar-refractivity contribution is 0.405. The van der Waals surface area contributed by atoms with E-state index in [2.05, 4.69) is 19.2 Å². The zero-order valence-electron chi connectivity index (χ0n) is 11.4. The predicted molar refractivity (Wildman–Crippen MR) is 71.3 cm³/mol. The van der Waals surface area contributed by atoms with Crippen molar-refractivity contribution in [2.45, 2.75) is 32.7 Å². The molecule has 1 N–H and O–H groups in total. The van der Waals surface area contributed by atoms with Gasteiger partial charge in [-0.1, -0.05) is 19.9 Å². The van der Waals surface area contributed by atoms with Gasteiger partial charge in [0.15, 0.2) is 0 Å². The van der Waals surface area contributed by atoms with Crippen molar-refractivity contribution in [1.29, 1.82) is 0 Å². The fourth-order valence-corrected chi connectivity index (χ4v) is 2.49. The average Bonchev–Trinajstić information content (AvgIpc) is 3.08. The molecular formula is C15H22FNO. The molecule has 0 heterocycles. The lowest BCUT2D eigenvalue weighted by Crippen LogP contribution is -2.25. The number of rotatable bonds is 6. The smallest absolute Gasteiger partial charge is 0.131 e. The summed E-state index contributed by atoms with van der Waals surface area (Å²) < 4.78 is 19.2. The molecule has 0 aliphatic heterocycles. The van der Waals surface area contributed by atoms with Gasteiger partial charge >= 0.3 is 0 Å². The number of hydrogen-bond acceptors (Lipinski definition) is 2. The maximum absolute atomic E-state index is 14.1. The minimum atomic E-state index is -0.165. The van der Waals surface area contributed by atoms with Gasteiger partial charge in [-0.3, -0.25) is 0 Å². The van der Waals surface area contributed by atoms with Crippen LogP contribution in [-0.4, -0.2) is 13.7 Å². The summed E-state index contributed by atoms with van der Waals surface area (Å²) in [5, 5.41) is 3.48. The molecule has 1 saturated carbocycles. The molecule has 3 heteroatoms. The molecule has 0 radical (unpaired) electrons. The Balaban J connectivity index is 2.19. The van der Waals surface area contributed by atoms with Crippen LogP contribution < -0.4 is 10.1 Å². The molecule has 1 aromatic carbocycles. The van der Waals surface area contributed by atoms with Crippen LogP contribution >= 0.6 is 0 Å². The van der Waals surface area contributed by atoms with E-state index in [0.717, 1.165) is 18.5 Å². The zero-order valence-corrected chi connectivity index (χ0v) is 11.4. The lowest BCUT2D eigenvalue weighted by atomic mass is 10.00. The summed E-state index contributed by atoms with van der Waals surface area (Å²) in [6.07, 6.45) is 2.25. The standard InChI is InChI=1S/C15H22FNO/c1-4-7-17-15(13-8-10(13)2)12-6-5-11(18-3)9-14(12)16/h5-6,9-10,13,15,17H,4,7-8H2,1-3H3. The third-order valence-corrected chi connectivity index (χ3v) is 3.76. The molecule has 2 nitrogen and oxygen atoms in total.